The predicted molar refractivity (Wildman–Crippen MR) is 134 cm³/mol. The maximum absolute atomic E-state index is 11.7. The summed E-state index contributed by atoms with van der Waals surface area (Å²) in [6.45, 7) is 5.39. The van der Waals surface area contributed by atoms with Crippen LogP contribution in [0.4, 0.5) is 17.3 Å². The standard InChI is InChI=1S/C24H22Cl2N4O3/c1-5-20(31)29-17-8-6-7-14(2)23(17)30-24-27-12-15(13-28-24)9-10-16-21(25)18(32-3)11-19(33-4)22(16)26/h5-13H,1H2,2-4H3,(H,29,31)(H,27,28,30)/b10-9+. The van der Waals surface area contributed by atoms with Gasteiger partial charge in [0.15, 0.2) is 0 Å². The second-order valence-corrected chi connectivity index (χ2v) is 7.57. The highest BCUT2D eigenvalue weighted by Crippen LogP contribution is 2.41. The number of hydrogen-bond donors (Lipinski definition) is 2. The molecule has 0 fully saturated rings. The smallest absolute Gasteiger partial charge is 0.247 e. The van der Waals surface area contributed by atoms with Crippen LogP contribution in [0.25, 0.3) is 12.2 Å². The van der Waals surface area contributed by atoms with Crippen molar-refractivity contribution in [3.8, 4) is 11.5 Å². The van der Waals surface area contributed by atoms with Gasteiger partial charge in [0.2, 0.25) is 11.9 Å². The van der Waals surface area contributed by atoms with Gasteiger partial charge in [-0.25, -0.2) is 9.97 Å². The minimum Gasteiger partial charge on any atom is -0.495 e. The summed E-state index contributed by atoms with van der Waals surface area (Å²) in [5.41, 5.74) is 3.49. The molecular weight excluding hydrogens is 463 g/mol. The number of para-hydroxylation sites is 1. The Hall–Kier alpha value is -3.55. The van der Waals surface area contributed by atoms with Gasteiger partial charge in [-0.2, -0.15) is 0 Å². The minimum absolute atomic E-state index is 0.309. The van der Waals surface area contributed by atoms with Crippen LogP contribution in [0.1, 0.15) is 16.7 Å². The number of carbonyl (C=O) groups excluding carboxylic acids is 1. The molecule has 0 aliphatic carbocycles. The van der Waals surface area contributed by atoms with E-state index in [-0.39, 0.29) is 5.91 Å². The number of anilines is 3. The molecule has 3 aromatic rings. The summed E-state index contributed by atoms with van der Waals surface area (Å²) in [7, 11) is 3.04. The summed E-state index contributed by atoms with van der Waals surface area (Å²) >= 11 is 12.8. The molecule has 0 aliphatic heterocycles. The second kappa shape index (κ2) is 10.8. The zero-order chi connectivity index (χ0) is 24.0. The first-order valence-electron chi connectivity index (χ1n) is 9.78. The number of hydrogen-bond acceptors (Lipinski definition) is 6. The molecule has 33 heavy (non-hydrogen) atoms. The SMILES string of the molecule is C=CC(=O)Nc1cccc(C)c1Nc1ncc(/C=C/c2c(Cl)c(OC)cc(OC)c2Cl)cn1. The van der Waals surface area contributed by atoms with Crippen molar-refractivity contribution in [1.29, 1.82) is 0 Å². The van der Waals surface area contributed by atoms with Crippen molar-refractivity contribution in [2.24, 2.45) is 0 Å². The molecule has 3 rings (SSSR count). The van der Waals surface area contributed by atoms with E-state index in [0.29, 0.717) is 44.4 Å². The number of halogens is 2. The molecule has 0 saturated carbocycles. The van der Waals surface area contributed by atoms with Crippen molar-refractivity contribution >= 4 is 58.6 Å². The fourth-order valence-electron chi connectivity index (χ4n) is 2.95. The number of carbonyl (C=O) groups is 1. The van der Waals surface area contributed by atoms with Crippen LogP contribution in [0.5, 0.6) is 11.5 Å². The molecule has 0 unspecified atom stereocenters. The van der Waals surface area contributed by atoms with E-state index < -0.39 is 0 Å². The van der Waals surface area contributed by atoms with E-state index in [1.807, 2.05) is 19.1 Å². The first-order chi connectivity index (χ1) is 15.9. The van der Waals surface area contributed by atoms with Crippen molar-refractivity contribution in [3.05, 3.63) is 76.0 Å². The van der Waals surface area contributed by atoms with Crippen molar-refractivity contribution in [2.75, 3.05) is 24.9 Å². The van der Waals surface area contributed by atoms with Crippen molar-refractivity contribution < 1.29 is 14.3 Å². The molecule has 170 valence electrons. The minimum atomic E-state index is -0.309. The number of nitrogens with one attached hydrogen (secondary N) is 2. The van der Waals surface area contributed by atoms with E-state index in [1.54, 1.807) is 36.7 Å². The van der Waals surface area contributed by atoms with Gasteiger partial charge in [0.05, 0.1) is 35.6 Å². The van der Waals surface area contributed by atoms with Gasteiger partial charge >= 0.3 is 0 Å². The van der Waals surface area contributed by atoms with Crippen LogP contribution in [0.15, 0.2) is 49.3 Å². The summed E-state index contributed by atoms with van der Waals surface area (Å²) in [6, 6.07) is 7.17. The van der Waals surface area contributed by atoms with Crippen LogP contribution in [0.2, 0.25) is 10.0 Å². The number of aromatic nitrogens is 2. The Morgan fingerprint density at radius 2 is 1.70 bits per heavy atom. The Balaban J connectivity index is 1.84. The maximum Gasteiger partial charge on any atom is 0.247 e. The summed E-state index contributed by atoms with van der Waals surface area (Å²) in [6.07, 6.45) is 8.02. The molecule has 2 N–H and O–H groups in total. The zero-order valence-corrected chi connectivity index (χ0v) is 19.8. The monoisotopic (exact) mass is 484 g/mol. The van der Waals surface area contributed by atoms with Crippen LogP contribution >= 0.6 is 23.2 Å². The van der Waals surface area contributed by atoms with Crippen LogP contribution in [-0.2, 0) is 4.79 Å². The van der Waals surface area contributed by atoms with Crippen LogP contribution in [0.3, 0.4) is 0 Å². The summed E-state index contributed by atoms with van der Waals surface area (Å²) in [5, 5.41) is 6.65. The third-order valence-electron chi connectivity index (χ3n) is 4.67. The molecule has 7 nitrogen and oxygen atoms in total. The number of aryl methyl sites for hydroxylation is 1. The normalized spacial score (nSPS) is 10.7. The number of methoxy groups -OCH3 is 2. The maximum atomic E-state index is 11.7. The number of ether oxygens (including phenoxy) is 2. The zero-order valence-electron chi connectivity index (χ0n) is 18.3. The summed E-state index contributed by atoms with van der Waals surface area (Å²) in [4.78, 5) is 20.4. The van der Waals surface area contributed by atoms with Crippen LogP contribution in [0, 0.1) is 6.92 Å². The first-order valence-corrected chi connectivity index (χ1v) is 10.5. The topological polar surface area (TPSA) is 85.4 Å². The Labute approximate surface area is 202 Å². The van der Waals surface area contributed by atoms with E-state index in [0.717, 1.165) is 11.1 Å². The fraction of sp³-hybridized carbons (Fsp3) is 0.125. The predicted octanol–water partition coefficient (Wildman–Crippen LogP) is 6.15. The third kappa shape index (κ3) is 5.63. The molecule has 0 atom stereocenters. The lowest BCUT2D eigenvalue weighted by atomic mass is 10.1. The quantitative estimate of drug-likeness (QED) is 0.373. The van der Waals surface area contributed by atoms with Crippen LogP contribution in [-0.4, -0.2) is 30.1 Å². The molecule has 0 saturated heterocycles. The molecule has 1 heterocycles. The Morgan fingerprint density at radius 3 is 2.27 bits per heavy atom. The van der Waals surface area contributed by atoms with Gasteiger partial charge in [-0.15, -0.1) is 0 Å². The third-order valence-corrected chi connectivity index (χ3v) is 5.45. The van der Waals surface area contributed by atoms with E-state index in [1.165, 1.54) is 20.3 Å². The molecule has 0 bridgehead atoms. The van der Waals surface area contributed by atoms with E-state index in [9.17, 15) is 4.79 Å². The molecule has 1 amide bonds. The van der Waals surface area contributed by atoms with E-state index in [4.69, 9.17) is 32.7 Å². The highest BCUT2D eigenvalue weighted by Gasteiger charge is 2.15. The molecule has 9 heteroatoms. The van der Waals surface area contributed by atoms with E-state index in [2.05, 4.69) is 27.2 Å². The first kappa shape index (κ1) is 24.1. The van der Waals surface area contributed by atoms with Gasteiger partial charge < -0.3 is 20.1 Å². The van der Waals surface area contributed by atoms with Gasteiger partial charge in [0.1, 0.15) is 11.5 Å². The summed E-state index contributed by atoms with van der Waals surface area (Å²) < 4.78 is 10.6. The number of benzene rings is 2. The molecular formula is C24H22Cl2N4O3. The van der Waals surface area contributed by atoms with Crippen molar-refractivity contribution in [3.63, 3.8) is 0 Å². The van der Waals surface area contributed by atoms with Gasteiger partial charge in [-0.05, 0) is 24.6 Å². The molecule has 1 aromatic heterocycles. The van der Waals surface area contributed by atoms with Crippen LogP contribution < -0.4 is 20.1 Å². The van der Waals surface area contributed by atoms with Gasteiger partial charge in [-0.1, -0.05) is 54.1 Å². The molecule has 0 spiro atoms. The molecule has 2 aromatic carbocycles. The number of amides is 1. The largest absolute Gasteiger partial charge is 0.495 e. The lowest BCUT2D eigenvalue weighted by molar-refractivity contribution is -0.111. The average molecular weight is 485 g/mol. The summed E-state index contributed by atoms with van der Waals surface area (Å²) in [5.74, 6) is 0.961. The van der Waals surface area contributed by atoms with Gasteiger partial charge in [0, 0.05) is 29.6 Å². The number of nitrogens with zero attached hydrogens (tertiary/aromatic N) is 2. The fourth-order valence-corrected chi connectivity index (χ4v) is 3.58. The Kier molecular flexibility index (Phi) is 7.92. The van der Waals surface area contributed by atoms with E-state index >= 15 is 0 Å². The average Bonchev–Trinajstić information content (AvgIpc) is 2.82. The highest BCUT2D eigenvalue weighted by atomic mass is 35.5. The lowest BCUT2D eigenvalue weighted by Gasteiger charge is -2.14. The second-order valence-electron chi connectivity index (χ2n) is 6.81. The van der Waals surface area contributed by atoms with Gasteiger partial charge in [0.25, 0.3) is 0 Å². The molecule has 0 radical (unpaired) electrons. The van der Waals surface area contributed by atoms with Crippen molar-refractivity contribution in [2.45, 2.75) is 6.92 Å². The van der Waals surface area contributed by atoms with Gasteiger partial charge in [-0.3, -0.25) is 4.79 Å². The Morgan fingerprint density at radius 1 is 1.06 bits per heavy atom. The molecule has 0 aliphatic rings. The van der Waals surface area contributed by atoms with Crippen molar-refractivity contribution in [1.82, 2.24) is 9.97 Å². The Bertz CT molecular complexity index is 1180. The lowest BCUT2D eigenvalue weighted by Crippen LogP contribution is -2.10. The highest BCUT2D eigenvalue weighted by molar-refractivity contribution is 6.39. The number of rotatable bonds is 8.